The molecule has 1 saturated heterocycles. The zero-order valence-corrected chi connectivity index (χ0v) is 41.7. The van der Waals surface area contributed by atoms with Crippen LogP contribution in [-0.2, 0) is 23.8 Å². The highest BCUT2D eigenvalue weighted by molar-refractivity contribution is 5.80. The Morgan fingerprint density at radius 3 is 1.61 bits per heavy atom. The fourth-order valence-corrected chi connectivity index (χ4v) is 7.48. The summed E-state index contributed by atoms with van der Waals surface area (Å²) in [5, 5.41) is 56.5. The Kier molecular flexibility index (Phi) is 40.3. The van der Waals surface area contributed by atoms with Crippen LogP contribution in [0, 0.1) is 0 Å². The van der Waals surface area contributed by atoms with Crippen molar-refractivity contribution in [1.82, 2.24) is 5.32 Å². The first kappa shape index (κ1) is 61.6. The summed E-state index contributed by atoms with van der Waals surface area (Å²) in [5.74, 6) is -1.27. The molecule has 1 aliphatic rings. The van der Waals surface area contributed by atoms with Crippen LogP contribution < -0.4 is 5.32 Å². The quantitative estimate of drug-likeness (QED) is 0.0150. The molecular formula is C56H93NO10. The van der Waals surface area contributed by atoms with Gasteiger partial charge in [-0.15, -0.1) is 0 Å². The lowest BCUT2D eigenvalue weighted by atomic mass is 9.99. The van der Waals surface area contributed by atoms with E-state index in [9.17, 15) is 35.1 Å². The number of nitrogens with one attached hydrogen (secondary N) is 1. The molecule has 0 aliphatic carbocycles. The summed E-state index contributed by atoms with van der Waals surface area (Å²) in [6, 6.07) is -1.05. The summed E-state index contributed by atoms with van der Waals surface area (Å²) in [6.45, 7) is 5.43. The molecule has 0 radical (unpaired) electrons. The van der Waals surface area contributed by atoms with E-state index in [0.29, 0.717) is 12.8 Å². The minimum atomic E-state index is -1.63. The van der Waals surface area contributed by atoms with E-state index < -0.39 is 67.4 Å². The molecule has 11 nitrogen and oxygen atoms in total. The number of hydrogen-bond donors (Lipinski definition) is 6. The number of carbonyl (C=O) groups excluding carboxylic acids is 2. The lowest BCUT2D eigenvalue weighted by molar-refractivity contribution is -0.305. The summed E-state index contributed by atoms with van der Waals surface area (Å²) >= 11 is 0. The van der Waals surface area contributed by atoms with Crippen LogP contribution in [0.4, 0.5) is 0 Å². The van der Waals surface area contributed by atoms with E-state index in [-0.39, 0.29) is 19.4 Å². The third kappa shape index (κ3) is 32.9. The third-order valence-electron chi connectivity index (χ3n) is 11.6. The zero-order chi connectivity index (χ0) is 49.0. The van der Waals surface area contributed by atoms with Crippen LogP contribution in [0.1, 0.15) is 181 Å². The third-order valence-corrected chi connectivity index (χ3v) is 11.6. The molecule has 382 valence electrons. The van der Waals surface area contributed by atoms with Crippen molar-refractivity contribution >= 4 is 11.9 Å². The molecule has 1 heterocycles. The van der Waals surface area contributed by atoms with Gasteiger partial charge in [0.2, 0.25) is 5.91 Å². The van der Waals surface area contributed by atoms with Crippen molar-refractivity contribution in [3.05, 3.63) is 97.2 Å². The SMILES string of the molecule is CC/C=C/C=C/C=C\C=C/CCCCC(O)C(=O)NC(COC1OC(CO)C(O)C(O)C1OC(=O)CCCCCCC\C=C/C=C/C=C/CC)C(O)/C=C/CCCCCCCCCCCCC. The first-order chi connectivity index (χ1) is 32.7. The smallest absolute Gasteiger partial charge is 0.306 e. The summed E-state index contributed by atoms with van der Waals surface area (Å²) < 4.78 is 17.5. The second-order valence-electron chi connectivity index (χ2n) is 17.6. The molecule has 0 aromatic heterocycles. The largest absolute Gasteiger partial charge is 0.454 e. The number of amides is 1. The highest BCUT2D eigenvalue weighted by atomic mass is 16.7. The summed E-state index contributed by atoms with van der Waals surface area (Å²) in [7, 11) is 0. The normalized spacial score (nSPS) is 20.9. The molecule has 8 atom stereocenters. The molecular weight excluding hydrogens is 847 g/mol. The molecule has 0 bridgehead atoms. The number of hydrogen-bond acceptors (Lipinski definition) is 10. The molecule has 6 N–H and O–H groups in total. The van der Waals surface area contributed by atoms with Gasteiger partial charge in [0.05, 0.1) is 25.4 Å². The van der Waals surface area contributed by atoms with Crippen molar-refractivity contribution in [3.63, 3.8) is 0 Å². The average molecular weight is 940 g/mol. The monoisotopic (exact) mass is 940 g/mol. The molecule has 1 aliphatic heterocycles. The fraction of sp³-hybridized carbons (Fsp3) is 0.679. The summed E-state index contributed by atoms with van der Waals surface area (Å²) in [6.07, 6.45) is 46.1. The Morgan fingerprint density at radius 2 is 1.07 bits per heavy atom. The first-order valence-corrected chi connectivity index (χ1v) is 26.1. The Labute approximate surface area is 405 Å². The van der Waals surface area contributed by atoms with Crippen molar-refractivity contribution in [3.8, 4) is 0 Å². The van der Waals surface area contributed by atoms with Gasteiger partial charge in [-0.05, 0) is 64.2 Å². The standard InChI is InChI=1S/C56H93NO10/c1-4-7-10-13-16-19-22-25-28-30-33-36-39-42-48(59)47(57-55(64)49(60)43-40-37-34-31-27-24-21-18-15-12-9-6-3)46-65-56-54(53(63)52(62)50(45-58)66-56)67-51(61)44-41-38-35-32-29-26-23-20-17-14-11-8-5-2/h8-9,11-12,14-15,17-18,20-21,23-24,27,31,39,42,47-50,52-54,56,58-60,62-63H,4-7,10,13,16,19,22,25-26,28-30,32-38,40-41,43-46H2,1-3H3,(H,57,64)/b11-8+,12-9+,17-14+,18-15+,23-20-,24-21-,31-27-,42-39+. The molecule has 0 spiro atoms. The predicted octanol–water partition coefficient (Wildman–Crippen LogP) is 10.8. The number of ether oxygens (including phenoxy) is 3. The predicted molar refractivity (Wildman–Crippen MR) is 273 cm³/mol. The van der Waals surface area contributed by atoms with E-state index in [2.05, 4.69) is 44.3 Å². The van der Waals surface area contributed by atoms with Crippen molar-refractivity contribution in [2.45, 2.75) is 230 Å². The van der Waals surface area contributed by atoms with Crippen LogP contribution in [0.2, 0.25) is 0 Å². The Morgan fingerprint density at radius 1 is 0.597 bits per heavy atom. The van der Waals surface area contributed by atoms with Crippen molar-refractivity contribution in [1.29, 1.82) is 0 Å². The maximum atomic E-state index is 13.3. The van der Waals surface area contributed by atoms with Gasteiger partial charge in [0.1, 0.15) is 24.4 Å². The zero-order valence-electron chi connectivity index (χ0n) is 41.7. The van der Waals surface area contributed by atoms with Gasteiger partial charge >= 0.3 is 5.97 Å². The lowest BCUT2D eigenvalue weighted by Crippen LogP contribution is -2.61. The van der Waals surface area contributed by atoms with Gasteiger partial charge < -0.3 is 45.1 Å². The Hall–Kier alpha value is -3.42. The lowest BCUT2D eigenvalue weighted by Gasteiger charge is -2.41. The molecule has 67 heavy (non-hydrogen) atoms. The van der Waals surface area contributed by atoms with Crippen LogP contribution in [-0.4, -0.2) is 99.6 Å². The number of carbonyl (C=O) groups is 2. The maximum Gasteiger partial charge on any atom is 0.306 e. The minimum Gasteiger partial charge on any atom is -0.454 e. The highest BCUT2D eigenvalue weighted by Crippen LogP contribution is 2.26. The molecule has 8 unspecified atom stereocenters. The van der Waals surface area contributed by atoms with Gasteiger partial charge in [-0.25, -0.2) is 0 Å². The summed E-state index contributed by atoms with van der Waals surface area (Å²) in [5.41, 5.74) is 0. The Bertz CT molecular complexity index is 1450. The number of unbranched alkanes of at least 4 members (excludes halogenated alkanes) is 18. The van der Waals surface area contributed by atoms with Crippen LogP contribution >= 0.6 is 0 Å². The summed E-state index contributed by atoms with van der Waals surface area (Å²) in [4.78, 5) is 26.3. The van der Waals surface area contributed by atoms with Gasteiger partial charge in [0, 0.05) is 6.42 Å². The van der Waals surface area contributed by atoms with E-state index in [1.807, 2.05) is 72.9 Å². The van der Waals surface area contributed by atoms with Crippen LogP contribution in [0.15, 0.2) is 97.2 Å². The average Bonchev–Trinajstić information content (AvgIpc) is 3.32. The molecule has 1 amide bonds. The first-order valence-electron chi connectivity index (χ1n) is 26.1. The molecule has 11 heteroatoms. The fourth-order valence-electron chi connectivity index (χ4n) is 7.48. The number of allylic oxidation sites excluding steroid dienone is 15. The molecule has 0 saturated carbocycles. The van der Waals surface area contributed by atoms with Gasteiger partial charge in [-0.2, -0.15) is 0 Å². The number of esters is 1. The van der Waals surface area contributed by atoms with Crippen molar-refractivity contribution < 1.29 is 49.3 Å². The molecule has 0 aromatic rings. The number of aliphatic hydroxyl groups excluding tert-OH is 5. The van der Waals surface area contributed by atoms with Crippen molar-refractivity contribution in [2.75, 3.05) is 13.2 Å². The van der Waals surface area contributed by atoms with Crippen LogP contribution in [0.5, 0.6) is 0 Å². The highest BCUT2D eigenvalue weighted by Gasteiger charge is 2.47. The van der Waals surface area contributed by atoms with E-state index in [0.717, 1.165) is 83.5 Å². The van der Waals surface area contributed by atoms with Gasteiger partial charge in [-0.1, -0.05) is 208 Å². The topological polar surface area (TPSA) is 175 Å². The molecule has 1 fully saturated rings. The van der Waals surface area contributed by atoms with Crippen LogP contribution in [0.3, 0.4) is 0 Å². The van der Waals surface area contributed by atoms with E-state index >= 15 is 0 Å². The number of aliphatic hydroxyl groups is 5. The van der Waals surface area contributed by atoms with Gasteiger partial charge in [0.25, 0.3) is 0 Å². The van der Waals surface area contributed by atoms with E-state index in [4.69, 9.17) is 14.2 Å². The second kappa shape index (κ2) is 43.8. The minimum absolute atomic E-state index is 0.0901. The number of rotatable bonds is 41. The second-order valence-corrected chi connectivity index (χ2v) is 17.6. The maximum absolute atomic E-state index is 13.3. The van der Waals surface area contributed by atoms with Gasteiger partial charge in [0.15, 0.2) is 12.4 Å². The molecule has 0 aromatic carbocycles. The van der Waals surface area contributed by atoms with Gasteiger partial charge in [-0.3, -0.25) is 9.59 Å². The molecule has 1 rings (SSSR count). The Balaban J connectivity index is 2.84. The van der Waals surface area contributed by atoms with Crippen molar-refractivity contribution in [2.24, 2.45) is 0 Å². The van der Waals surface area contributed by atoms with E-state index in [1.54, 1.807) is 6.08 Å². The van der Waals surface area contributed by atoms with Crippen LogP contribution in [0.25, 0.3) is 0 Å². The van der Waals surface area contributed by atoms with E-state index in [1.165, 1.54) is 51.4 Å².